The van der Waals surface area contributed by atoms with Crippen LogP contribution in [-0.2, 0) is 16.8 Å². The Balaban J connectivity index is 2.28. The van der Waals surface area contributed by atoms with Gasteiger partial charge in [0, 0.05) is 26.7 Å². The molecule has 0 amide bonds. The molecule has 1 aromatic carbocycles. The molecule has 5 nitrogen and oxygen atoms in total. The van der Waals surface area contributed by atoms with Gasteiger partial charge in [-0.1, -0.05) is 25.1 Å². The van der Waals surface area contributed by atoms with Gasteiger partial charge in [-0.2, -0.15) is 12.7 Å². The van der Waals surface area contributed by atoms with E-state index in [9.17, 15) is 8.42 Å². The standard InChI is InChI=1S/C14H23N3O2S/c1-12-6-5-9-17(11-12)20(18,19)16(2)14-8-4-3-7-13(14)10-15/h3-4,7-8,12H,5-6,9-11,15H2,1-2H3. The van der Waals surface area contributed by atoms with Crippen LogP contribution in [0.4, 0.5) is 5.69 Å². The summed E-state index contributed by atoms with van der Waals surface area (Å²) in [5, 5.41) is 0. The molecule has 2 N–H and O–H groups in total. The molecular weight excluding hydrogens is 274 g/mol. The molecule has 1 saturated heterocycles. The lowest BCUT2D eigenvalue weighted by atomic mass is 10.0. The fourth-order valence-electron chi connectivity index (χ4n) is 2.64. The molecule has 0 saturated carbocycles. The monoisotopic (exact) mass is 297 g/mol. The Hall–Kier alpha value is -1.11. The van der Waals surface area contributed by atoms with E-state index in [4.69, 9.17) is 5.73 Å². The number of para-hydroxylation sites is 1. The molecule has 1 aliphatic heterocycles. The van der Waals surface area contributed by atoms with Crippen LogP contribution in [0.15, 0.2) is 24.3 Å². The summed E-state index contributed by atoms with van der Waals surface area (Å²) in [6.45, 7) is 3.61. The Morgan fingerprint density at radius 2 is 2.10 bits per heavy atom. The van der Waals surface area contributed by atoms with Gasteiger partial charge < -0.3 is 5.73 Å². The van der Waals surface area contributed by atoms with Crippen LogP contribution in [0, 0.1) is 5.92 Å². The molecule has 1 fully saturated rings. The minimum absolute atomic E-state index is 0.326. The second kappa shape index (κ2) is 6.11. The third kappa shape index (κ3) is 2.97. The van der Waals surface area contributed by atoms with Crippen molar-refractivity contribution >= 4 is 15.9 Å². The SMILES string of the molecule is CC1CCCN(S(=O)(=O)N(C)c2ccccc2CN)C1. The summed E-state index contributed by atoms with van der Waals surface area (Å²) in [4.78, 5) is 0. The molecule has 0 spiro atoms. The van der Waals surface area contributed by atoms with E-state index in [0.717, 1.165) is 18.4 Å². The van der Waals surface area contributed by atoms with Crippen LogP contribution < -0.4 is 10.0 Å². The second-order valence-electron chi connectivity index (χ2n) is 5.41. The molecule has 1 aliphatic rings. The predicted octanol–water partition coefficient (Wildman–Crippen LogP) is 1.56. The van der Waals surface area contributed by atoms with Crippen molar-refractivity contribution in [3.8, 4) is 0 Å². The Morgan fingerprint density at radius 1 is 1.40 bits per heavy atom. The number of hydrogen-bond donors (Lipinski definition) is 1. The maximum Gasteiger partial charge on any atom is 0.303 e. The van der Waals surface area contributed by atoms with Crippen LogP contribution in [-0.4, -0.2) is 32.9 Å². The average Bonchev–Trinajstić information content (AvgIpc) is 2.46. The number of nitrogens with zero attached hydrogens (tertiary/aromatic N) is 2. The number of rotatable bonds is 4. The number of anilines is 1. The largest absolute Gasteiger partial charge is 0.326 e. The summed E-state index contributed by atoms with van der Waals surface area (Å²) in [6, 6.07) is 7.36. The van der Waals surface area contributed by atoms with Gasteiger partial charge in [0.1, 0.15) is 0 Å². The minimum Gasteiger partial charge on any atom is -0.326 e. The molecule has 0 bridgehead atoms. The van der Waals surface area contributed by atoms with Crippen molar-refractivity contribution < 1.29 is 8.42 Å². The fraction of sp³-hybridized carbons (Fsp3) is 0.571. The van der Waals surface area contributed by atoms with E-state index in [1.54, 1.807) is 17.4 Å². The van der Waals surface area contributed by atoms with E-state index in [1.165, 1.54) is 4.31 Å². The van der Waals surface area contributed by atoms with Gasteiger partial charge in [0.05, 0.1) is 5.69 Å². The zero-order chi connectivity index (χ0) is 14.8. The fourth-order valence-corrected chi connectivity index (χ4v) is 4.22. The van der Waals surface area contributed by atoms with Crippen LogP contribution in [0.2, 0.25) is 0 Å². The highest BCUT2D eigenvalue weighted by Gasteiger charge is 2.31. The second-order valence-corrected chi connectivity index (χ2v) is 7.37. The zero-order valence-corrected chi connectivity index (χ0v) is 12.9. The van der Waals surface area contributed by atoms with Gasteiger partial charge in [0.2, 0.25) is 0 Å². The molecule has 0 aromatic heterocycles. The summed E-state index contributed by atoms with van der Waals surface area (Å²) in [7, 11) is -1.87. The van der Waals surface area contributed by atoms with Crippen molar-refractivity contribution in [2.75, 3.05) is 24.4 Å². The van der Waals surface area contributed by atoms with Crippen LogP contribution in [0.5, 0.6) is 0 Å². The van der Waals surface area contributed by atoms with Gasteiger partial charge in [0.25, 0.3) is 0 Å². The molecule has 20 heavy (non-hydrogen) atoms. The summed E-state index contributed by atoms with van der Waals surface area (Å²) < 4.78 is 28.4. The van der Waals surface area contributed by atoms with Crippen molar-refractivity contribution in [1.82, 2.24) is 4.31 Å². The van der Waals surface area contributed by atoms with E-state index >= 15 is 0 Å². The highest BCUT2D eigenvalue weighted by atomic mass is 32.2. The number of piperidine rings is 1. The molecule has 0 aliphatic carbocycles. The first kappa shape index (κ1) is 15.3. The van der Waals surface area contributed by atoms with Gasteiger partial charge in [-0.3, -0.25) is 4.31 Å². The Bertz CT molecular complexity index is 559. The first-order chi connectivity index (χ1) is 9.46. The van der Waals surface area contributed by atoms with Crippen LogP contribution >= 0.6 is 0 Å². The third-order valence-electron chi connectivity index (χ3n) is 3.84. The molecule has 112 valence electrons. The van der Waals surface area contributed by atoms with E-state index in [0.29, 0.717) is 31.2 Å². The molecule has 1 atom stereocenters. The van der Waals surface area contributed by atoms with E-state index < -0.39 is 10.2 Å². The number of benzene rings is 1. The Labute approximate surface area is 121 Å². The van der Waals surface area contributed by atoms with Gasteiger partial charge in [0.15, 0.2) is 0 Å². The van der Waals surface area contributed by atoms with Crippen LogP contribution in [0.3, 0.4) is 0 Å². The molecule has 6 heteroatoms. The molecule has 1 heterocycles. The summed E-state index contributed by atoms with van der Waals surface area (Å²) in [6.07, 6.45) is 2.02. The molecule has 1 aromatic rings. The summed E-state index contributed by atoms with van der Waals surface area (Å²) in [5.74, 6) is 0.414. The van der Waals surface area contributed by atoms with Crippen LogP contribution in [0.25, 0.3) is 0 Å². The average molecular weight is 297 g/mol. The number of nitrogens with two attached hydrogens (primary N) is 1. The van der Waals surface area contributed by atoms with E-state index in [1.807, 2.05) is 18.2 Å². The zero-order valence-electron chi connectivity index (χ0n) is 12.1. The van der Waals surface area contributed by atoms with Crippen molar-refractivity contribution in [3.63, 3.8) is 0 Å². The van der Waals surface area contributed by atoms with Crippen molar-refractivity contribution in [2.24, 2.45) is 11.7 Å². The normalized spacial score (nSPS) is 20.9. The summed E-state index contributed by atoms with van der Waals surface area (Å²) in [5.41, 5.74) is 7.19. The van der Waals surface area contributed by atoms with Gasteiger partial charge >= 0.3 is 10.2 Å². The quantitative estimate of drug-likeness (QED) is 0.917. The lowest BCUT2D eigenvalue weighted by Crippen LogP contribution is -2.46. The molecule has 0 radical (unpaired) electrons. The first-order valence-electron chi connectivity index (χ1n) is 6.98. The van der Waals surface area contributed by atoms with Crippen LogP contribution in [0.1, 0.15) is 25.3 Å². The summed E-state index contributed by atoms with van der Waals surface area (Å²) >= 11 is 0. The highest BCUT2D eigenvalue weighted by molar-refractivity contribution is 7.90. The smallest absolute Gasteiger partial charge is 0.303 e. The van der Waals surface area contributed by atoms with Gasteiger partial charge in [-0.15, -0.1) is 0 Å². The minimum atomic E-state index is -3.47. The third-order valence-corrected chi connectivity index (χ3v) is 5.72. The molecular formula is C14H23N3O2S. The van der Waals surface area contributed by atoms with Crippen molar-refractivity contribution in [1.29, 1.82) is 0 Å². The van der Waals surface area contributed by atoms with Gasteiger partial charge in [-0.05, 0) is 30.4 Å². The topological polar surface area (TPSA) is 66.6 Å². The Morgan fingerprint density at radius 3 is 2.75 bits per heavy atom. The van der Waals surface area contributed by atoms with E-state index in [-0.39, 0.29) is 0 Å². The molecule has 1 unspecified atom stereocenters. The molecule has 2 rings (SSSR count). The Kier molecular flexibility index (Phi) is 4.67. The van der Waals surface area contributed by atoms with Gasteiger partial charge in [-0.25, -0.2) is 0 Å². The van der Waals surface area contributed by atoms with Crippen molar-refractivity contribution in [3.05, 3.63) is 29.8 Å². The highest BCUT2D eigenvalue weighted by Crippen LogP contribution is 2.26. The maximum atomic E-state index is 12.7. The maximum absolute atomic E-state index is 12.7. The first-order valence-corrected chi connectivity index (χ1v) is 8.38. The predicted molar refractivity (Wildman–Crippen MR) is 81.6 cm³/mol. The lowest BCUT2D eigenvalue weighted by Gasteiger charge is -2.34. The van der Waals surface area contributed by atoms with Crippen molar-refractivity contribution in [2.45, 2.75) is 26.3 Å². The number of hydrogen-bond acceptors (Lipinski definition) is 3. The lowest BCUT2D eigenvalue weighted by molar-refractivity contribution is 0.281. The van der Waals surface area contributed by atoms with E-state index in [2.05, 4.69) is 6.92 Å².